The number of aliphatic hydroxyl groups excluding tert-OH is 1. The molecule has 0 radical (unpaired) electrons. The molecule has 1 saturated heterocycles. The summed E-state index contributed by atoms with van der Waals surface area (Å²) in [5, 5.41) is 11.8. The van der Waals surface area contributed by atoms with Gasteiger partial charge in [-0.15, -0.1) is 4.99 Å². The fraction of sp³-hybridized carbons (Fsp3) is 0.320. The summed E-state index contributed by atoms with van der Waals surface area (Å²) in [4.78, 5) is 30.7. The van der Waals surface area contributed by atoms with Crippen molar-refractivity contribution < 1.29 is 24.2 Å². The third-order valence-corrected chi connectivity index (χ3v) is 5.22. The van der Waals surface area contributed by atoms with Gasteiger partial charge < -0.3 is 25.2 Å². The molecule has 180 valence electrons. The van der Waals surface area contributed by atoms with E-state index in [1.807, 2.05) is 60.7 Å². The summed E-state index contributed by atoms with van der Waals surface area (Å²) in [7, 11) is 0. The molecule has 1 aliphatic heterocycles. The number of aliphatic hydroxyl groups is 1. The van der Waals surface area contributed by atoms with Crippen molar-refractivity contribution in [3.63, 3.8) is 0 Å². The van der Waals surface area contributed by atoms with E-state index >= 15 is 0 Å². The van der Waals surface area contributed by atoms with Crippen molar-refractivity contribution in [2.75, 3.05) is 19.7 Å². The van der Waals surface area contributed by atoms with Gasteiger partial charge >= 0.3 is 12.2 Å². The molecule has 9 heteroatoms. The van der Waals surface area contributed by atoms with Gasteiger partial charge in [-0.1, -0.05) is 66.7 Å². The van der Waals surface area contributed by atoms with Crippen molar-refractivity contribution in [2.24, 2.45) is 16.6 Å². The number of likely N-dealkylation sites (tertiary alicyclic amines) is 1. The maximum atomic E-state index is 12.5. The first-order chi connectivity index (χ1) is 16.5. The van der Waals surface area contributed by atoms with Crippen LogP contribution in [-0.4, -0.2) is 47.8 Å². The van der Waals surface area contributed by atoms with Gasteiger partial charge in [0.15, 0.2) is 0 Å². The number of ether oxygens (including phenoxy) is 2. The highest BCUT2D eigenvalue weighted by molar-refractivity contribution is 5.98. The number of guanidine groups is 1. The van der Waals surface area contributed by atoms with E-state index < -0.39 is 12.2 Å². The Labute approximate surface area is 198 Å². The summed E-state index contributed by atoms with van der Waals surface area (Å²) in [5.41, 5.74) is 7.81. The lowest BCUT2D eigenvalue weighted by atomic mass is 9.97. The van der Waals surface area contributed by atoms with Crippen molar-refractivity contribution in [3.05, 3.63) is 83.6 Å². The van der Waals surface area contributed by atoms with Crippen LogP contribution < -0.4 is 11.1 Å². The van der Waals surface area contributed by atoms with Crippen LogP contribution in [0.1, 0.15) is 24.0 Å². The normalized spacial score (nSPS) is 16.6. The monoisotopic (exact) mass is 466 g/mol. The molecular formula is C25H30N4O5. The van der Waals surface area contributed by atoms with Crippen LogP contribution in [0.25, 0.3) is 0 Å². The highest BCUT2D eigenvalue weighted by atomic mass is 16.6. The molecule has 0 aromatic heterocycles. The number of nitrogens with one attached hydrogen (secondary N) is 1. The van der Waals surface area contributed by atoms with Crippen LogP contribution in [0.15, 0.2) is 77.4 Å². The number of aliphatic imine (C=N–C) groups is 1. The Bertz CT molecular complexity index is 995. The first-order valence-electron chi connectivity index (χ1n) is 11.1. The number of benzene rings is 2. The van der Waals surface area contributed by atoms with Crippen molar-refractivity contribution in [1.29, 1.82) is 0 Å². The zero-order valence-corrected chi connectivity index (χ0v) is 18.9. The summed E-state index contributed by atoms with van der Waals surface area (Å²) in [6.07, 6.45) is 1.89. The van der Waals surface area contributed by atoms with E-state index in [1.54, 1.807) is 11.0 Å². The van der Waals surface area contributed by atoms with Gasteiger partial charge in [-0.05, 0) is 29.9 Å². The summed E-state index contributed by atoms with van der Waals surface area (Å²) >= 11 is 0. The van der Waals surface area contributed by atoms with Crippen LogP contribution in [0.2, 0.25) is 0 Å². The molecule has 34 heavy (non-hydrogen) atoms. The molecule has 9 nitrogen and oxygen atoms in total. The maximum absolute atomic E-state index is 12.5. The van der Waals surface area contributed by atoms with Gasteiger partial charge in [-0.2, -0.15) is 0 Å². The van der Waals surface area contributed by atoms with Gasteiger partial charge in [0.1, 0.15) is 13.2 Å². The number of hydrogen-bond donors (Lipinski definition) is 3. The molecule has 1 fully saturated rings. The minimum absolute atomic E-state index is 0.0357. The van der Waals surface area contributed by atoms with Crippen molar-refractivity contribution in [2.45, 2.75) is 26.1 Å². The first-order valence-corrected chi connectivity index (χ1v) is 11.1. The summed E-state index contributed by atoms with van der Waals surface area (Å²) in [6.45, 7) is 0.953. The van der Waals surface area contributed by atoms with Gasteiger partial charge in [0.05, 0.1) is 6.61 Å². The fourth-order valence-corrected chi connectivity index (χ4v) is 3.56. The molecule has 3 rings (SSSR count). The number of nitrogens with two attached hydrogens (primary N) is 1. The molecule has 2 aromatic rings. The predicted molar refractivity (Wildman–Crippen MR) is 127 cm³/mol. The Kier molecular flexibility index (Phi) is 9.48. The smallest absolute Gasteiger partial charge is 0.437 e. The molecular weight excluding hydrogens is 436 g/mol. The van der Waals surface area contributed by atoms with E-state index in [-0.39, 0.29) is 31.7 Å². The van der Waals surface area contributed by atoms with Crippen molar-refractivity contribution >= 4 is 18.1 Å². The average Bonchev–Trinajstić information content (AvgIpc) is 2.87. The number of nitrogens with zero attached hydrogens (tertiary/aromatic N) is 2. The quantitative estimate of drug-likeness (QED) is 0.441. The van der Waals surface area contributed by atoms with Gasteiger partial charge in [0, 0.05) is 18.8 Å². The number of hydrogen-bond acceptors (Lipinski definition) is 6. The average molecular weight is 467 g/mol. The van der Waals surface area contributed by atoms with Crippen LogP contribution in [0.3, 0.4) is 0 Å². The molecule has 0 spiro atoms. The van der Waals surface area contributed by atoms with Crippen molar-refractivity contribution in [1.82, 2.24) is 10.2 Å². The summed E-state index contributed by atoms with van der Waals surface area (Å²) in [6, 6.07) is 18.5. The Balaban J connectivity index is 1.68. The van der Waals surface area contributed by atoms with Gasteiger partial charge in [0.2, 0.25) is 5.96 Å². The van der Waals surface area contributed by atoms with E-state index in [4.69, 9.17) is 15.2 Å². The lowest BCUT2D eigenvalue weighted by molar-refractivity contribution is 0.142. The highest BCUT2D eigenvalue weighted by Gasteiger charge is 2.24. The number of carbonyl (C=O) groups is 2. The standard InChI is InChI=1S/C25H30N4O5/c26-22(16-30)14-21-12-7-13-29(15-21)23(27-24(31)33-17-19-8-3-1-4-9-19)28-25(32)34-18-20-10-5-2-6-11-20/h1-6,8-11,14,21,30H,7,12-13,15-18,26H2,(H,27,28,31,32)/b22-14+. The minimum atomic E-state index is -0.824. The molecule has 1 unspecified atom stereocenters. The first kappa shape index (κ1) is 24.8. The minimum Gasteiger partial charge on any atom is -0.444 e. The van der Waals surface area contributed by atoms with Crippen LogP contribution in [0, 0.1) is 5.92 Å². The molecule has 2 amide bonds. The van der Waals surface area contributed by atoms with E-state index in [9.17, 15) is 14.7 Å². The largest absolute Gasteiger partial charge is 0.444 e. The second-order valence-electron chi connectivity index (χ2n) is 7.91. The van der Waals surface area contributed by atoms with Gasteiger partial charge in [-0.25, -0.2) is 9.59 Å². The van der Waals surface area contributed by atoms with E-state index in [0.29, 0.717) is 18.8 Å². The molecule has 1 atom stereocenters. The summed E-state index contributed by atoms with van der Waals surface area (Å²) in [5.74, 6) is 0.0883. The molecule has 0 aliphatic carbocycles. The third kappa shape index (κ3) is 8.25. The fourth-order valence-electron chi connectivity index (χ4n) is 3.56. The number of alkyl carbamates (subject to hydrolysis) is 1. The zero-order chi connectivity index (χ0) is 24.2. The molecule has 4 N–H and O–H groups in total. The number of carbonyl (C=O) groups excluding carboxylic acids is 2. The van der Waals surface area contributed by atoms with E-state index in [1.165, 1.54) is 0 Å². The topological polar surface area (TPSA) is 126 Å². The van der Waals surface area contributed by atoms with Crippen LogP contribution in [0.5, 0.6) is 0 Å². The van der Waals surface area contributed by atoms with Gasteiger partial charge in [-0.3, -0.25) is 5.32 Å². The predicted octanol–water partition coefficient (Wildman–Crippen LogP) is 3.15. The number of amides is 2. The molecule has 0 saturated carbocycles. The lowest BCUT2D eigenvalue weighted by Crippen LogP contribution is -2.48. The third-order valence-electron chi connectivity index (χ3n) is 5.22. The highest BCUT2D eigenvalue weighted by Crippen LogP contribution is 2.19. The Morgan fingerprint density at radius 2 is 1.68 bits per heavy atom. The lowest BCUT2D eigenvalue weighted by Gasteiger charge is -2.33. The summed E-state index contributed by atoms with van der Waals surface area (Å²) < 4.78 is 10.6. The molecule has 2 aromatic carbocycles. The van der Waals surface area contributed by atoms with Crippen molar-refractivity contribution in [3.8, 4) is 0 Å². The molecule has 0 bridgehead atoms. The van der Waals surface area contributed by atoms with Crippen LogP contribution in [0.4, 0.5) is 9.59 Å². The second kappa shape index (κ2) is 13.0. The molecule has 1 heterocycles. The Hall–Kier alpha value is -3.85. The Morgan fingerprint density at radius 3 is 2.29 bits per heavy atom. The van der Waals surface area contributed by atoms with Crippen LogP contribution >= 0.6 is 0 Å². The second-order valence-corrected chi connectivity index (χ2v) is 7.91. The van der Waals surface area contributed by atoms with Crippen LogP contribution in [-0.2, 0) is 22.7 Å². The molecule has 1 aliphatic rings. The van der Waals surface area contributed by atoms with Gasteiger partial charge in [0.25, 0.3) is 0 Å². The SMILES string of the molecule is N/C(=C/C1CCCN(/C(=N/C(=O)OCc2ccccc2)NC(=O)OCc2ccccc2)C1)CO. The van der Waals surface area contributed by atoms with E-state index in [0.717, 1.165) is 24.0 Å². The van der Waals surface area contributed by atoms with E-state index in [2.05, 4.69) is 10.3 Å². The maximum Gasteiger partial charge on any atom is 0.437 e. The Morgan fingerprint density at radius 1 is 1.06 bits per heavy atom. The number of rotatable bonds is 6. The zero-order valence-electron chi connectivity index (χ0n) is 18.9. The number of piperidine rings is 1.